The summed E-state index contributed by atoms with van der Waals surface area (Å²) in [6.45, 7) is 5.76. The summed E-state index contributed by atoms with van der Waals surface area (Å²) in [7, 11) is 0. The van der Waals surface area contributed by atoms with E-state index in [1.54, 1.807) is 4.90 Å². The van der Waals surface area contributed by atoms with Gasteiger partial charge in [-0.1, -0.05) is 30.4 Å². The molecule has 134 valence electrons. The van der Waals surface area contributed by atoms with E-state index in [0.717, 1.165) is 16.6 Å². The molecular formula is C17H23N5O2S. The maximum Gasteiger partial charge on any atom is 0.323 e. The van der Waals surface area contributed by atoms with Crippen LogP contribution in [-0.4, -0.2) is 66.0 Å². The zero-order valence-corrected chi connectivity index (χ0v) is 15.1. The van der Waals surface area contributed by atoms with Crippen molar-refractivity contribution in [2.75, 3.05) is 44.6 Å². The van der Waals surface area contributed by atoms with Crippen LogP contribution >= 0.6 is 11.3 Å². The van der Waals surface area contributed by atoms with Gasteiger partial charge >= 0.3 is 6.03 Å². The van der Waals surface area contributed by atoms with Gasteiger partial charge in [-0.25, -0.2) is 9.78 Å². The molecule has 1 aromatic heterocycles. The van der Waals surface area contributed by atoms with Crippen LogP contribution in [-0.2, 0) is 4.79 Å². The molecule has 0 radical (unpaired) electrons. The summed E-state index contributed by atoms with van der Waals surface area (Å²) in [5.74, 6) is 0.0502. The Kier molecular flexibility index (Phi) is 5.83. The van der Waals surface area contributed by atoms with Crippen LogP contribution in [0.4, 0.5) is 9.93 Å². The number of para-hydroxylation sites is 1. The average molecular weight is 361 g/mol. The number of nitrogens with one attached hydrogen (secondary N) is 2. The van der Waals surface area contributed by atoms with Crippen molar-refractivity contribution < 1.29 is 9.59 Å². The topological polar surface area (TPSA) is 77.6 Å². The molecule has 8 heteroatoms. The van der Waals surface area contributed by atoms with E-state index in [4.69, 9.17) is 0 Å². The number of amides is 3. The third-order valence-corrected chi connectivity index (χ3v) is 5.06. The molecule has 1 saturated heterocycles. The summed E-state index contributed by atoms with van der Waals surface area (Å²) in [6.07, 6.45) is 0.936. The second-order valence-corrected chi connectivity index (χ2v) is 7.06. The van der Waals surface area contributed by atoms with Crippen LogP contribution in [0.1, 0.15) is 13.3 Å². The van der Waals surface area contributed by atoms with Crippen molar-refractivity contribution in [1.82, 2.24) is 20.1 Å². The van der Waals surface area contributed by atoms with E-state index >= 15 is 0 Å². The lowest BCUT2D eigenvalue weighted by Crippen LogP contribution is -2.52. The van der Waals surface area contributed by atoms with Gasteiger partial charge in [0, 0.05) is 32.7 Å². The number of fused-ring (bicyclic) bond motifs is 1. The van der Waals surface area contributed by atoms with Crippen LogP contribution in [0.15, 0.2) is 24.3 Å². The van der Waals surface area contributed by atoms with Gasteiger partial charge in [-0.3, -0.25) is 15.0 Å². The Balaban J connectivity index is 1.47. The van der Waals surface area contributed by atoms with Crippen molar-refractivity contribution in [3.63, 3.8) is 0 Å². The molecule has 0 atom stereocenters. The number of carbonyl (C=O) groups is 2. The van der Waals surface area contributed by atoms with Gasteiger partial charge < -0.3 is 10.2 Å². The number of rotatable bonds is 5. The molecule has 25 heavy (non-hydrogen) atoms. The van der Waals surface area contributed by atoms with Gasteiger partial charge in [-0.2, -0.15) is 0 Å². The lowest BCUT2D eigenvalue weighted by Gasteiger charge is -2.34. The molecule has 1 aliphatic heterocycles. The van der Waals surface area contributed by atoms with E-state index in [2.05, 4.69) is 20.5 Å². The molecule has 3 rings (SSSR count). The SMILES string of the molecule is CCCNC(=O)CN1CCN(C(=O)Nc2nc3ccccc3s2)CC1. The molecule has 0 aliphatic carbocycles. The van der Waals surface area contributed by atoms with E-state index in [9.17, 15) is 9.59 Å². The van der Waals surface area contributed by atoms with Crippen molar-refractivity contribution >= 4 is 38.6 Å². The minimum absolute atomic E-state index is 0.0502. The third-order valence-electron chi connectivity index (χ3n) is 4.11. The Hall–Kier alpha value is -2.19. The molecular weight excluding hydrogens is 338 g/mol. The Bertz CT molecular complexity index is 706. The van der Waals surface area contributed by atoms with Crippen LogP contribution < -0.4 is 10.6 Å². The van der Waals surface area contributed by atoms with Gasteiger partial charge in [0.2, 0.25) is 5.91 Å². The first-order valence-electron chi connectivity index (χ1n) is 8.56. The molecule has 0 bridgehead atoms. The number of urea groups is 1. The molecule has 0 spiro atoms. The van der Waals surface area contributed by atoms with Crippen molar-refractivity contribution in [1.29, 1.82) is 0 Å². The molecule has 0 saturated carbocycles. The number of hydrogen-bond donors (Lipinski definition) is 2. The second-order valence-electron chi connectivity index (χ2n) is 6.03. The quantitative estimate of drug-likeness (QED) is 0.854. The minimum Gasteiger partial charge on any atom is -0.355 e. The summed E-state index contributed by atoms with van der Waals surface area (Å²) in [5.41, 5.74) is 0.894. The smallest absolute Gasteiger partial charge is 0.323 e. The van der Waals surface area contributed by atoms with Gasteiger partial charge in [-0.05, 0) is 18.6 Å². The van der Waals surface area contributed by atoms with E-state index in [0.29, 0.717) is 44.4 Å². The molecule has 3 amide bonds. The third kappa shape index (κ3) is 4.67. The monoisotopic (exact) mass is 361 g/mol. The molecule has 1 aromatic carbocycles. The number of piperazine rings is 1. The highest BCUT2D eigenvalue weighted by atomic mass is 32.1. The Morgan fingerprint density at radius 3 is 2.68 bits per heavy atom. The number of aromatic nitrogens is 1. The average Bonchev–Trinajstić information content (AvgIpc) is 3.02. The summed E-state index contributed by atoms with van der Waals surface area (Å²) in [6, 6.07) is 7.69. The van der Waals surface area contributed by atoms with Gasteiger partial charge in [0.15, 0.2) is 5.13 Å². The number of thiazole rings is 1. The minimum atomic E-state index is -0.130. The summed E-state index contributed by atoms with van der Waals surface area (Å²) >= 11 is 1.47. The van der Waals surface area contributed by atoms with Crippen LogP contribution in [0.25, 0.3) is 10.2 Å². The van der Waals surface area contributed by atoms with Crippen LogP contribution in [0.3, 0.4) is 0 Å². The molecule has 2 aromatic rings. The van der Waals surface area contributed by atoms with Gasteiger partial charge in [0.25, 0.3) is 0 Å². The number of carbonyl (C=O) groups excluding carboxylic acids is 2. The zero-order chi connectivity index (χ0) is 17.6. The number of benzene rings is 1. The predicted molar refractivity (Wildman–Crippen MR) is 100.0 cm³/mol. The Morgan fingerprint density at radius 2 is 1.96 bits per heavy atom. The summed E-state index contributed by atoms with van der Waals surface area (Å²) in [5, 5.41) is 6.38. The molecule has 2 heterocycles. The number of nitrogens with zero attached hydrogens (tertiary/aromatic N) is 3. The molecule has 1 fully saturated rings. The summed E-state index contributed by atoms with van der Waals surface area (Å²) < 4.78 is 1.06. The van der Waals surface area contributed by atoms with Crippen molar-refractivity contribution in [3.8, 4) is 0 Å². The first-order valence-corrected chi connectivity index (χ1v) is 9.38. The standard InChI is InChI=1S/C17H23N5O2S/c1-2-7-18-15(23)12-21-8-10-22(11-9-21)17(24)20-16-19-13-5-3-4-6-14(13)25-16/h3-6H,2,7-12H2,1H3,(H,18,23)(H,19,20,24). The lowest BCUT2D eigenvalue weighted by molar-refractivity contribution is -0.122. The van der Waals surface area contributed by atoms with Crippen LogP contribution in [0, 0.1) is 0 Å². The maximum absolute atomic E-state index is 12.4. The van der Waals surface area contributed by atoms with E-state index < -0.39 is 0 Å². The normalized spacial score (nSPS) is 15.3. The fourth-order valence-electron chi connectivity index (χ4n) is 2.73. The Morgan fingerprint density at radius 1 is 1.20 bits per heavy atom. The second kappa shape index (κ2) is 8.26. The van der Waals surface area contributed by atoms with Gasteiger partial charge in [0.1, 0.15) is 0 Å². The van der Waals surface area contributed by atoms with Crippen molar-refractivity contribution in [3.05, 3.63) is 24.3 Å². The van der Waals surface area contributed by atoms with Gasteiger partial charge in [-0.15, -0.1) is 0 Å². The Labute approximate surface area is 151 Å². The van der Waals surface area contributed by atoms with Crippen LogP contribution in [0.2, 0.25) is 0 Å². The highest BCUT2D eigenvalue weighted by Crippen LogP contribution is 2.25. The highest BCUT2D eigenvalue weighted by molar-refractivity contribution is 7.22. The first-order chi connectivity index (χ1) is 12.2. The number of hydrogen-bond acceptors (Lipinski definition) is 5. The maximum atomic E-state index is 12.4. The van der Waals surface area contributed by atoms with E-state index in [1.165, 1.54) is 11.3 Å². The van der Waals surface area contributed by atoms with Gasteiger partial charge in [0.05, 0.1) is 16.8 Å². The fourth-order valence-corrected chi connectivity index (χ4v) is 3.58. The molecule has 1 aliphatic rings. The highest BCUT2D eigenvalue weighted by Gasteiger charge is 2.23. The fraction of sp³-hybridized carbons (Fsp3) is 0.471. The summed E-state index contributed by atoms with van der Waals surface area (Å²) in [4.78, 5) is 32.4. The van der Waals surface area contributed by atoms with E-state index in [-0.39, 0.29) is 11.9 Å². The number of anilines is 1. The molecule has 2 N–H and O–H groups in total. The largest absolute Gasteiger partial charge is 0.355 e. The molecule has 7 nitrogen and oxygen atoms in total. The van der Waals surface area contributed by atoms with E-state index in [1.807, 2.05) is 31.2 Å². The van der Waals surface area contributed by atoms with Crippen molar-refractivity contribution in [2.24, 2.45) is 0 Å². The molecule has 0 unspecified atom stereocenters. The zero-order valence-electron chi connectivity index (χ0n) is 14.3. The predicted octanol–water partition coefficient (Wildman–Crippen LogP) is 1.97. The van der Waals surface area contributed by atoms with Crippen LogP contribution in [0.5, 0.6) is 0 Å². The first kappa shape index (κ1) is 17.6. The van der Waals surface area contributed by atoms with Crippen molar-refractivity contribution in [2.45, 2.75) is 13.3 Å². The lowest BCUT2D eigenvalue weighted by atomic mass is 10.3.